The van der Waals surface area contributed by atoms with Crippen molar-refractivity contribution in [2.45, 2.75) is 20.0 Å². The van der Waals surface area contributed by atoms with Gasteiger partial charge in [-0.1, -0.05) is 25.1 Å². The predicted octanol–water partition coefficient (Wildman–Crippen LogP) is 2.06. The second kappa shape index (κ2) is 8.36. The van der Waals surface area contributed by atoms with E-state index in [9.17, 15) is 9.90 Å². The molecule has 0 spiro atoms. The molecule has 0 aliphatic carbocycles. The fraction of sp³-hybridized carbons (Fsp3) is 0.353. The molecule has 1 amide bonds. The Bertz CT molecular complexity index is 613. The molecule has 124 valence electrons. The molecule has 6 nitrogen and oxygen atoms in total. The zero-order valence-electron chi connectivity index (χ0n) is 13.4. The molecule has 0 radical (unpaired) electrons. The predicted molar refractivity (Wildman–Crippen MR) is 86.7 cm³/mol. The number of aliphatic hydroxyl groups is 1. The van der Waals surface area contributed by atoms with Gasteiger partial charge in [-0.15, -0.1) is 0 Å². The van der Waals surface area contributed by atoms with E-state index in [0.717, 1.165) is 11.1 Å². The van der Waals surface area contributed by atoms with Crippen LogP contribution in [0.3, 0.4) is 0 Å². The maximum absolute atomic E-state index is 11.1. The third kappa shape index (κ3) is 5.12. The van der Waals surface area contributed by atoms with E-state index >= 15 is 0 Å². The van der Waals surface area contributed by atoms with Crippen LogP contribution in [0.5, 0.6) is 5.75 Å². The summed E-state index contributed by atoms with van der Waals surface area (Å²) in [5, 5.41) is 11.8. The molecule has 6 heteroatoms. The van der Waals surface area contributed by atoms with Crippen molar-refractivity contribution in [3.05, 3.63) is 42.9 Å². The minimum Gasteiger partial charge on any atom is -0.490 e. The first kappa shape index (κ1) is 17.1. The highest BCUT2D eigenvalue weighted by Crippen LogP contribution is 2.30. The summed E-state index contributed by atoms with van der Waals surface area (Å²) in [6, 6.07) is 9.43. The maximum Gasteiger partial charge on any atom is 0.231 e. The molecule has 1 atom stereocenters. The van der Waals surface area contributed by atoms with Crippen LogP contribution >= 0.6 is 0 Å². The largest absolute Gasteiger partial charge is 0.490 e. The summed E-state index contributed by atoms with van der Waals surface area (Å²) in [5.41, 5.74) is 4.48. The molecule has 1 aromatic heterocycles. The summed E-state index contributed by atoms with van der Waals surface area (Å²) in [6.45, 7) is 4.36. The lowest BCUT2D eigenvalue weighted by molar-refractivity contribution is -0.124. The van der Waals surface area contributed by atoms with Gasteiger partial charge >= 0.3 is 0 Å². The molecule has 2 N–H and O–H groups in total. The summed E-state index contributed by atoms with van der Waals surface area (Å²) in [7, 11) is 0. The lowest BCUT2D eigenvalue weighted by atomic mass is 10.1. The summed E-state index contributed by atoms with van der Waals surface area (Å²) in [6.07, 6.45) is 2.53. The average molecular weight is 318 g/mol. The van der Waals surface area contributed by atoms with E-state index < -0.39 is 6.10 Å². The monoisotopic (exact) mass is 318 g/mol. The molecular weight excluding hydrogens is 296 g/mol. The normalized spacial score (nSPS) is 12.2. The number of hydrogen-bond acceptors (Lipinski definition) is 5. The summed E-state index contributed by atoms with van der Waals surface area (Å²) in [5.74, 6) is 0.515. The number of furan rings is 1. The van der Waals surface area contributed by atoms with Crippen molar-refractivity contribution in [2.24, 2.45) is 0 Å². The summed E-state index contributed by atoms with van der Waals surface area (Å²) in [4.78, 5) is 11.1. The van der Waals surface area contributed by atoms with Gasteiger partial charge in [-0.3, -0.25) is 10.2 Å². The van der Waals surface area contributed by atoms with Crippen LogP contribution in [-0.2, 0) is 4.79 Å². The van der Waals surface area contributed by atoms with Gasteiger partial charge in [0.15, 0.2) is 0 Å². The number of nitrogens with one attached hydrogen (secondary N) is 1. The highest BCUT2D eigenvalue weighted by atomic mass is 16.5. The number of hydrazine groups is 1. The smallest absolute Gasteiger partial charge is 0.231 e. The number of hydrogen-bond donors (Lipinski definition) is 2. The molecule has 1 heterocycles. The van der Waals surface area contributed by atoms with Gasteiger partial charge in [-0.25, -0.2) is 5.01 Å². The minimum atomic E-state index is -0.723. The van der Waals surface area contributed by atoms with Gasteiger partial charge in [0.2, 0.25) is 5.91 Å². The van der Waals surface area contributed by atoms with Crippen molar-refractivity contribution >= 4 is 5.91 Å². The summed E-state index contributed by atoms with van der Waals surface area (Å²) < 4.78 is 10.8. The Kier molecular flexibility index (Phi) is 6.19. The molecule has 23 heavy (non-hydrogen) atoms. The molecule has 0 saturated carbocycles. The third-order valence-electron chi connectivity index (χ3n) is 3.28. The first-order valence-electron chi connectivity index (χ1n) is 7.54. The van der Waals surface area contributed by atoms with Gasteiger partial charge in [0.25, 0.3) is 0 Å². The second-order valence-electron chi connectivity index (χ2n) is 5.18. The van der Waals surface area contributed by atoms with Gasteiger partial charge in [0.05, 0.1) is 12.5 Å². The first-order valence-corrected chi connectivity index (χ1v) is 7.54. The standard InChI is InChI=1S/C17H22N2O4/c1-3-19(18-13(2)20)10-15(21)12-23-17-7-5-4-6-16(17)14-8-9-22-11-14/h4-9,11,15,21H,3,10,12H2,1-2H3,(H,18,20). The van der Waals surface area contributed by atoms with E-state index in [-0.39, 0.29) is 12.5 Å². The number of aliphatic hydroxyl groups excluding tert-OH is 1. The van der Waals surface area contributed by atoms with Gasteiger partial charge in [-0.05, 0) is 12.1 Å². The third-order valence-corrected chi connectivity index (χ3v) is 3.28. The highest BCUT2D eigenvalue weighted by Gasteiger charge is 2.13. The number of para-hydroxylation sites is 1. The Morgan fingerprint density at radius 1 is 1.39 bits per heavy atom. The number of carbonyl (C=O) groups is 1. The molecule has 2 aromatic rings. The number of nitrogens with zero attached hydrogens (tertiary/aromatic N) is 1. The van der Waals surface area contributed by atoms with Crippen molar-refractivity contribution in [3.8, 4) is 16.9 Å². The molecule has 1 aromatic carbocycles. The van der Waals surface area contributed by atoms with Crippen molar-refractivity contribution in [2.75, 3.05) is 19.7 Å². The number of ether oxygens (including phenoxy) is 1. The molecule has 0 aliphatic rings. The Morgan fingerprint density at radius 3 is 2.83 bits per heavy atom. The topological polar surface area (TPSA) is 74.9 Å². The second-order valence-corrected chi connectivity index (χ2v) is 5.18. The van der Waals surface area contributed by atoms with Gasteiger partial charge in [-0.2, -0.15) is 0 Å². The van der Waals surface area contributed by atoms with Crippen molar-refractivity contribution in [1.29, 1.82) is 0 Å². The molecule has 0 fully saturated rings. The fourth-order valence-electron chi connectivity index (χ4n) is 2.22. The molecule has 1 unspecified atom stereocenters. The molecule has 0 aliphatic heterocycles. The SMILES string of the molecule is CCN(CC(O)COc1ccccc1-c1ccoc1)NC(C)=O. The number of benzene rings is 1. The van der Waals surface area contributed by atoms with E-state index in [1.807, 2.05) is 37.3 Å². The first-order chi connectivity index (χ1) is 11.1. The van der Waals surface area contributed by atoms with Gasteiger partial charge in [0, 0.05) is 31.1 Å². The lowest BCUT2D eigenvalue weighted by Gasteiger charge is -2.23. The zero-order valence-corrected chi connectivity index (χ0v) is 13.4. The van der Waals surface area contributed by atoms with E-state index in [1.165, 1.54) is 6.92 Å². The van der Waals surface area contributed by atoms with Gasteiger partial charge < -0.3 is 14.3 Å². The van der Waals surface area contributed by atoms with Crippen molar-refractivity contribution in [1.82, 2.24) is 10.4 Å². The number of carbonyl (C=O) groups excluding carboxylic acids is 1. The number of likely N-dealkylation sites (N-methyl/N-ethyl adjacent to an activating group) is 1. The zero-order chi connectivity index (χ0) is 16.7. The van der Waals surface area contributed by atoms with Crippen LogP contribution in [0.15, 0.2) is 47.3 Å². The fourth-order valence-corrected chi connectivity index (χ4v) is 2.22. The molecular formula is C17H22N2O4. The Balaban J connectivity index is 1.94. The van der Waals surface area contributed by atoms with E-state index in [0.29, 0.717) is 18.8 Å². The quantitative estimate of drug-likeness (QED) is 0.729. The van der Waals surface area contributed by atoms with Crippen molar-refractivity contribution < 1.29 is 19.1 Å². The minimum absolute atomic E-state index is 0.130. The van der Waals surface area contributed by atoms with Crippen LogP contribution < -0.4 is 10.2 Å². The lowest BCUT2D eigenvalue weighted by Crippen LogP contribution is -2.46. The molecule has 0 bridgehead atoms. The van der Waals surface area contributed by atoms with Gasteiger partial charge in [0.1, 0.15) is 18.5 Å². The van der Waals surface area contributed by atoms with Crippen LogP contribution in [0.1, 0.15) is 13.8 Å². The highest BCUT2D eigenvalue weighted by molar-refractivity contribution is 5.72. The Hall–Kier alpha value is -2.31. The average Bonchev–Trinajstić information content (AvgIpc) is 3.06. The van der Waals surface area contributed by atoms with Crippen molar-refractivity contribution in [3.63, 3.8) is 0 Å². The number of rotatable bonds is 8. The van der Waals surface area contributed by atoms with Crippen LogP contribution in [0.25, 0.3) is 11.1 Å². The summed E-state index contributed by atoms with van der Waals surface area (Å²) >= 11 is 0. The Labute approximate surface area is 135 Å². The molecule has 2 rings (SSSR count). The van der Waals surface area contributed by atoms with E-state index in [2.05, 4.69) is 5.43 Å². The van der Waals surface area contributed by atoms with Crippen LogP contribution in [0, 0.1) is 0 Å². The van der Waals surface area contributed by atoms with Crippen LogP contribution in [0.2, 0.25) is 0 Å². The Morgan fingerprint density at radius 2 is 2.17 bits per heavy atom. The van der Waals surface area contributed by atoms with Crippen LogP contribution in [-0.4, -0.2) is 41.8 Å². The van der Waals surface area contributed by atoms with E-state index in [1.54, 1.807) is 17.5 Å². The maximum atomic E-state index is 11.1. The number of amides is 1. The van der Waals surface area contributed by atoms with Crippen LogP contribution in [0.4, 0.5) is 0 Å². The molecule has 0 saturated heterocycles. The van der Waals surface area contributed by atoms with E-state index in [4.69, 9.17) is 9.15 Å².